The number of anilines is 2. The summed E-state index contributed by atoms with van der Waals surface area (Å²) >= 11 is 0. The van der Waals surface area contributed by atoms with Crippen molar-refractivity contribution in [2.24, 2.45) is 0 Å². The maximum atomic E-state index is 12.0. The molecule has 7 nitrogen and oxygen atoms in total. The number of carboxylic acid groups (broad SMARTS) is 1. The van der Waals surface area contributed by atoms with E-state index in [-0.39, 0.29) is 30.2 Å². The fourth-order valence-electron chi connectivity index (χ4n) is 1.94. The Morgan fingerprint density at radius 1 is 0.917 bits per heavy atom. The van der Waals surface area contributed by atoms with E-state index >= 15 is 0 Å². The van der Waals surface area contributed by atoms with Crippen LogP contribution in [0.1, 0.15) is 23.2 Å². The van der Waals surface area contributed by atoms with Crippen LogP contribution in [0.5, 0.6) is 5.75 Å². The first-order valence-electron chi connectivity index (χ1n) is 7.17. The first-order valence-corrected chi connectivity index (χ1v) is 7.17. The number of carbonyl (C=O) groups is 3. The number of benzene rings is 2. The minimum atomic E-state index is -1.06. The van der Waals surface area contributed by atoms with Crippen LogP contribution < -0.4 is 10.6 Å². The number of aromatic hydroxyl groups is 1. The summed E-state index contributed by atoms with van der Waals surface area (Å²) < 4.78 is 0. The fourth-order valence-corrected chi connectivity index (χ4v) is 1.94. The van der Waals surface area contributed by atoms with Gasteiger partial charge in [0, 0.05) is 23.7 Å². The lowest BCUT2D eigenvalue weighted by Gasteiger charge is -2.10. The van der Waals surface area contributed by atoms with Crippen molar-refractivity contribution in [1.29, 1.82) is 0 Å². The molecule has 2 aromatic rings. The number of carbonyl (C=O) groups excluding carboxylic acids is 2. The second-order valence-electron chi connectivity index (χ2n) is 4.99. The third-order valence-electron chi connectivity index (χ3n) is 3.13. The highest BCUT2D eigenvalue weighted by molar-refractivity contribution is 6.05. The van der Waals surface area contributed by atoms with Crippen LogP contribution >= 0.6 is 0 Å². The molecular weight excluding hydrogens is 312 g/mol. The Morgan fingerprint density at radius 3 is 2.25 bits per heavy atom. The van der Waals surface area contributed by atoms with Crippen molar-refractivity contribution in [3.05, 3.63) is 54.1 Å². The van der Waals surface area contributed by atoms with Crippen molar-refractivity contribution in [1.82, 2.24) is 0 Å². The van der Waals surface area contributed by atoms with Gasteiger partial charge < -0.3 is 20.8 Å². The zero-order valence-corrected chi connectivity index (χ0v) is 12.7. The summed E-state index contributed by atoms with van der Waals surface area (Å²) in [6.07, 6.45) is -0.439. The van der Waals surface area contributed by atoms with Crippen molar-refractivity contribution in [3.63, 3.8) is 0 Å². The molecule has 0 fully saturated rings. The van der Waals surface area contributed by atoms with Gasteiger partial charge in [0.05, 0.1) is 12.1 Å². The van der Waals surface area contributed by atoms with Crippen molar-refractivity contribution < 1.29 is 24.6 Å². The second-order valence-corrected chi connectivity index (χ2v) is 4.99. The van der Waals surface area contributed by atoms with Gasteiger partial charge >= 0.3 is 5.97 Å². The molecule has 0 radical (unpaired) electrons. The molecule has 7 heteroatoms. The maximum Gasteiger partial charge on any atom is 0.303 e. The third kappa shape index (κ3) is 4.84. The van der Waals surface area contributed by atoms with Crippen LogP contribution in [0.2, 0.25) is 0 Å². The zero-order chi connectivity index (χ0) is 17.5. The van der Waals surface area contributed by atoms with Crippen LogP contribution in [0.4, 0.5) is 11.4 Å². The van der Waals surface area contributed by atoms with Crippen LogP contribution in [-0.2, 0) is 9.59 Å². The normalized spacial score (nSPS) is 10.0. The number of nitrogens with one attached hydrogen (secondary N) is 2. The van der Waals surface area contributed by atoms with Gasteiger partial charge in [-0.15, -0.1) is 0 Å². The number of aliphatic carboxylic acids is 1. The van der Waals surface area contributed by atoms with Crippen LogP contribution in [0, 0.1) is 0 Å². The molecule has 24 heavy (non-hydrogen) atoms. The van der Waals surface area contributed by atoms with Crippen LogP contribution in [-0.4, -0.2) is 28.0 Å². The monoisotopic (exact) mass is 328 g/mol. The van der Waals surface area contributed by atoms with Gasteiger partial charge in [0.25, 0.3) is 5.91 Å². The van der Waals surface area contributed by atoms with Gasteiger partial charge in [-0.2, -0.15) is 0 Å². The fraction of sp³-hybridized carbons (Fsp3) is 0.118. The smallest absolute Gasteiger partial charge is 0.303 e. The molecule has 2 rings (SSSR count). The molecule has 0 unspecified atom stereocenters. The Kier molecular flexibility index (Phi) is 5.51. The molecule has 0 atom stereocenters. The highest BCUT2D eigenvalue weighted by Crippen LogP contribution is 2.27. The molecule has 0 saturated heterocycles. The van der Waals surface area contributed by atoms with E-state index in [1.54, 1.807) is 30.3 Å². The summed E-state index contributed by atoms with van der Waals surface area (Å²) in [5.41, 5.74) is 0.955. The Balaban J connectivity index is 2.00. The topological polar surface area (TPSA) is 116 Å². The van der Waals surface area contributed by atoms with E-state index in [1.165, 1.54) is 18.2 Å². The quantitative estimate of drug-likeness (QED) is 0.608. The molecule has 0 saturated carbocycles. The summed E-state index contributed by atoms with van der Waals surface area (Å²) in [5, 5.41) is 23.5. The lowest BCUT2D eigenvalue weighted by Crippen LogP contribution is -2.14. The van der Waals surface area contributed by atoms with Crippen molar-refractivity contribution in [2.45, 2.75) is 12.8 Å². The van der Waals surface area contributed by atoms with Gasteiger partial charge in [-0.1, -0.05) is 18.2 Å². The average Bonchev–Trinajstić information content (AvgIpc) is 2.56. The number of carboxylic acids is 1. The lowest BCUT2D eigenvalue weighted by molar-refractivity contribution is -0.138. The van der Waals surface area contributed by atoms with Crippen LogP contribution in [0.25, 0.3) is 0 Å². The molecule has 0 aliphatic carbocycles. The Labute approximate surface area is 137 Å². The lowest BCUT2D eigenvalue weighted by atomic mass is 10.2. The standard InChI is InChI=1S/C17H16N2O5/c20-14-10-12(18-15(21)8-9-16(22)23)6-7-13(14)19-17(24)11-4-2-1-3-5-11/h1-7,10,20H,8-9H2,(H,18,21)(H,19,24)(H,22,23). The number of phenols is 1. The summed E-state index contributed by atoms with van der Waals surface area (Å²) in [5.74, 6) is -2.12. The molecule has 2 amide bonds. The molecule has 0 aliphatic rings. The highest BCUT2D eigenvalue weighted by Gasteiger charge is 2.11. The summed E-state index contributed by atoms with van der Waals surface area (Å²) in [6, 6.07) is 12.7. The highest BCUT2D eigenvalue weighted by atomic mass is 16.4. The van der Waals surface area contributed by atoms with Gasteiger partial charge in [-0.05, 0) is 24.3 Å². The van der Waals surface area contributed by atoms with E-state index in [2.05, 4.69) is 10.6 Å². The van der Waals surface area contributed by atoms with Gasteiger partial charge in [-0.25, -0.2) is 0 Å². The molecule has 0 aliphatic heterocycles. The second kappa shape index (κ2) is 7.77. The molecule has 124 valence electrons. The molecule has 0 aromatic heterocycles. The number of rotatable bonds is 6. The maximum absolute atomic E-state index is 12.0. The predicted octanol–water partition coefficient (Wildman–Crippen LogP) is 2.45. The van der Waals surface area contributed by atoms with Gasteiger partial charge in [-0.3, -0.25) is 14.4 Å². The SMILES string of the molecule is O=C(O)CCC(=O)Nc1ccc(NC(=O)c2ccccc2)c(O)c1. The Bertz CT molecular complexity index is 759. The van der Waals surface area contributed by atoms with E-state index in [4.69, 9.17) is 5.11 Å². The molecule has 0 bridgehead atoms. The van der Waals surface area contributed by atoms with Gasteiger partial charge in [0.1, 0.15) is 5.75 Å². The molecule has 2 aromatic carbocycles. The van der Waals surface area contributed by atoms with Crippen LogP contribution in [0.3, 0.4) is 0 Å². The van der Waals surface area contributed by atoms with Crippen molar-refractivity contribution >= 4 is 29.2 Å². The number of hydrogen-bond acceptors (Lipinski definition) is 4. The van der Waals surface area contributed by atoms with E-state index < -0.39 is 11.9 Å². The van der Waals surface area contributed by atoms with E-state index in [9.17, 15) is 19.5 Å². The number of amides is 2. The van der Waals surface area contributed by atoms with E-state index in [0.717, 1.165) is 0 Å². The molecule has 0 spiro atoms. The third-order valence-corrected chi connectivity index (χ3v) is 3.13. The Hall–Kier alpha value is -3.35. The zero-order valence-electron chi connectivity index (χ0n) is 12.7. The minimum Gasteiger partial charge on any atom is -0.506 e. The largest absolute Gasteiger partial charge is 0.506 e. The number of phenolic OH excluding ortho intramolecular Hbond substituents is 1. The van der Waals surface area contributed by atoms with Crippen LogP contribution in [0.15, 0.2) is 48.5 Å². The van der Waals surface area contributed by atoms with Gasteiger partial charge in [0.15, 0.2) is 0 Å². The number of hydrogen-bond donors (Lipinski definition) is 4. The Morgan fingerprint density at radius 2 is 1.62 bits per heavy atom. The first-order chi connectivity index (χ1) is 11.5. The summed E-state index contributed by atoms with van der Waals surface area (Å²) in [6.45, 7) is 0. The van der Waals surface area contributed by atoms with E-state index in [0.29, 0.717) is 11.3 Å². The average molecular weight is 328 g/mol. The predicted molar refractivity (Wildman–Crippen MR) is 88.0 cm³/mol. The molecule has 4 N–H and O–H groups in total. The summed E-state index contributed by atoms with van der Waals surface area (Å²) in [7, 11) is 0. The summed E-state index contributed by atoms with van der Waals surface area (Å²) in [4.78, 5) is 34.0. The van der Waals surface area contributed by atoms with Crippen molar-refractivity contribution in [3.8, 4) is 5.75 Å². The minimum absolute atomic E-state index is 0.164. The molecule has 0 heterocycles. The van der Waals surface area contributed by atoms with Gasteiger partial charge in [0.2, 0.25) is 5.91 Å². The van der Waals surface area contributed by atoms with E-state index in [1.807, 2.05) is 0 Å². The molecular formula is C17H16N2O5. The van der Waals surface area contributed by atoms with Crippen molar-refractivity contribution in [2.75, 3.05) is 10.6 Å². The first kappa shape index (κ1) is 17.0.